The molecule has 0 radical (unpaired) electrons. The Kier molecular flexibility index (Phi) is 4.70. The number of nitrogens with one attached hydrogen (secondary N) is 1. The van der Waals surface area contributed by atoms with Gasteiger partial charge < -0.3 is 5.32 Å². The highest BCUT2D eigenvalue weighted by atomic mass is 35.5. The monoisotopic (exact) mass is 175 g/mol. The first-order chi connectivity index (χ1) is 4.83. The molecule has 4 heteroatoms. The molecule has 0 bridgehead atoms. The summed E-state index contributed by atoms with van der Waals surface area (Å²) in [7, 11) is 1.91. The van der Waals surface area contributed by atoms with E-state index in [1.165, 1.54) is 0 Å². The first-order valence-corrected chi connectivity index (χ1v) is 3.55. The number of hydrogen-bond donors (Lipinski definition) is 1. The van der Waals surface area contributed by atoms with Crippen LogP contribution in [0.1, 0.15) is 13.3 Å². The molecule has 0 unspecified atom stereocenters. The Balaban J connectivity index is 0.000001000. The molecule has 1 N–H and O–H groups in total. The maximum Gasteiger partial charge on any atom is 0.0726 e. The van der Waals surface area contributed by atoms with Crippen molar-refractivity contribution < 1.29 is 0 Å². The number of aryl methyl sites for hydroxylation is 1. The van der Waals surface area contributed by atoms with Gasteiger partial charge in [-0.3, -0.25) is 4.68 Å². The summed E-state index contributed by atoms with van der Waals surface area (Å²) in [6.07, 6.45) is 4.94. The molecule has 1 aromatic rings. The Morgan fingerprint density at radius 2 is 2.36 bits per heavy atom. The smallest absolute Gasteiger partial charge is 0.0726 e. The lowest BCUT2D eigenvalue weighted by molar-refractivity contribution is 0.768. The van der Waals surface area contributed by atoms with Gasteiger partial charge in [-0.25, -0.2) is 0 Å². The van der Waals surface area contributed by atoms with Gasteiger partial charge in [0.2, 0.25) is 0 Å². The fourth-order valence-corrected chi connectivity index (χ4v) is 0.782. The third-order valence-corrected chi connectivity index (χ3v) is 1.28. The highest BCUT2D eigenvalue weighted by molar-refractivity contribution is 5.85. The van der Waals surface area contributed by atoms with E-state index in [9.17, 15) is 0 Å². The van der Waals surface area contributed by atoms with Crippen LogP contribution in [0.25, 0.3) is 0 Å². The Hall–Kier alpha value is -0.700. The minimum Gasteiger partial charge on any atom is -0.383 e. The zero-order valence-electron chi connectivity index (χ0n) is 6.87. The first-order valence-electron chi connectivity index (χ1n) is 3.55. The lowest BCUT2D eigenvalue weighted by Gasteiger charge is -1.97. The Labute approximate surface area is 73.2 Å². The summed E-state index contributed by atoms with van der Waals surface area (Å²) < 4.78 is 1.79. The van der Waals surface area contributed by atoms with Gasteiger partial charge in [0.1, 0.15) is 0 Å². The van der Waals surface area contributed by atoms with Crippen molar-refractivity contribution in [2.75, 3.05) is 11.9 Å². The van der Waals surface area contributed by atoms with Crippen LogP contribution in [0.4, 0.5) is 5.69 Å². The van der Waals surface area contributed by atoms with Crippen LogP contribution >= 0.6 is 12.4 Å². The molecule has 0 aliphatic rings. The summed E-state index contributed by atoms with van der Waals surface area (Å²) in [6.45, 7) is 3.16. The summed E-state index contributed by atoms with van der Waals surface area (Å²) in [6, 6.07) is 0. The van der Waals surface area contributed by atoms with Crippen LogP contribution in [-0.2, 0) is 7.05 Å². The predicted molar refractivity (Wildman–Crippen MR) is 49.2 cm³/mol. The van der Waals surface area contributed by atoms with Gasteiger partial charge in [-0.15, -0.1) is 12.4 Å². The van der Waals surface area contributed by atoms with E-state index in [0.717, 1.165) is 18.7 Å². The third-order valence-electron chi connectivity index (χ3n) is 1.28. The normalized spacial score (nSPS) is 8.91. The fourth-order valence-electron chi connectivity index (χ4n) is 0.782. The largest absolute Gasteiger partial charge is 0.383 e. The second kappa shape index (κ2) is 5.02. The maximum absolute atomic E-state index is 4.02. The quantitative estimate of drug-likeness (QED) is 0.758. The molecule has 0 atom stereocenters. The van der Waals surface area contributed by atoms with E-state index >= 15 is 0 Å². The van der Waals surface area contributed by atoms with Crippen LogP contribution in [-0.4, -0.2) is 16.3 Å². The molecule has 1 rings (SSSR count). The first kappa shape index (κ1) is 10.3. The number of halogens is 1. The van der Waals surface area contributed by atoms with Gasteiger partial charge in [-0.2, -0.15) is 5.10 Å². The topological polar surface area (TPSA) is 29.9 Å². The van der Waals surface area contributed by atoms with Gasteiger partial charge in [0, 0.05) is 19.8 Å². The molecule has 3 nitrogen and oxygen atoms in total. The van der Waals surface area contributed by atoms with Crippen LogP contribution in [0.15, 0.2) is 12.4 Å². The van der Waals surface area contributed by atoms with Crippen molar-refractivity contribution in [3.63, 3.8) is 0 Å². The van der Waals surface area contributed by atoms with Crippen molar-refractivity contribution in [2.45, 2.75) is 13.3 Å². The average Bonchev–Trinajstić information content (AvgIpc) is 2.31. The summed E-state index contributed by atoms with van der Waals surface area (Å²) in [5, 5.41) is 7.26. The minimum absolute atomic E-state index is 0. The Morgan fingerprint density at radius 3 is 2.82 bits per heavy atom. The highest BCUT2D eigenvalue weighted by Crippen LogP contribution is 2.01. The summed E-state index contributed by atoms with van der Waals surface area (Å²) in [5.74, 6) is 0. The second-order valence-electron chi connectivity index (χ2n) is 2.33. The van der Waals surface area contributed by atoms with Crippen LogP contribution in [0.5, 0.6) is 0 Å². The Morgan fingerprint density at radius 1 is 1.64 bits per heavy atom. The molecule has 0 aliphatic heterocycles. The molecule has 1 heterocycles. The number of aromatic nitrogens is 2. The summed E-state index contributed by atoms with van der Waals surface area (Å²) >= 11 is 0. The van der Waals surface area contributed by atoms with Gasteiger partial charge in [0.15, 0.2) is 0 Å². The number of hydrogen-bond acceptors (Lipinski definition) is 2. The van der Waals surface area contributed by atoms with Gasteiger partial charge >= 0.3 is 0 Å². The lowest BCUT2D eigenvalue weighted by atomic mass is 10.4. The van der Waals surface area contributed by atoms with E-state index in [1.807, 2.05) is 19.4 Å². The summed E-state index contributed by atoms with van der Waals surface area (Å²) in [5.41, 5.74) is 1.10. The van der Waals surface area contributed by atoms with E-state index in [0.29, 0.717) is 0 Å². The van der Waals surface area contributed by atoms with E-state index in [4.69, 9.17) is 0 Å². The van der Waals surface area contributed by atoms with E-state index < -0.39 is 0 Å². The molecule has 0 aliphatic carbocycles. The molecule has 0 amide bonds. The van der Waals surface area contributed by atoms with Crippen molar-refractivity contribution in [1.29, 1.82) is 0 Å². The van der Waals surface area contributed by atoms with Gasteiger partial charge in [0.05, 0.1) is 11.9 Å². The molecule has 0 aromatic carbocycles. The third kappa shape index (κ3) is 3.28. The maximum atomic E-state index is 4.02. The van der Waals surface area contributed by atoms with Crippen LogP contribution in [0, 0.1) is 0 Å². The number of anilines is 1. The second-order valence-corrected chi connectivity index (χ2v) is 2.33. The van der Waals surface area contributed by atoms with Crippen molar-refractivity contribution >= 4 is 18.1 Å². The molecule has 0 saturated carbocycles. The zero-order chi connectivity index (χ0) is 7.40. The molecule has 0 fully saturated rings. The van der Waals surface area contributed by atoms with Crippen molar-refractivity contribution in [2.24, 2.45) is 7.05 Å². The molecule has 0 saturated heterocycles. The van der Waals surface area contributed by atoms with Crippen LogP contribution in [0.3, 0.4) is 0 Å². The SMILES string of the molecule is CCCNc1cnn(C)c1.Cl. The molecular weight excluding hydrogens is 162 g/mol. The molecule has 11 heavy (non-hydrogen) atoms. The van der Waals surface area contributed by atoms with Crippen LogP contribution in [0.2, 0.25) is 0 Å². The fraction of sp³-hybridized carbons (Fsp3) is 0.571. The van der Waals surface area contributed by atoms with Crippen LogP contribution < -0.4 is 5.32 Å². The number of nitrogens with zero attached hydrogens (tertiary/aromatic N) is 2. The zero-order valence-corrected chi connectivity index (χ0v) is 7.69. The number of rotatable bonds is 3. The van der Waals surface area contributed by atoms with E-state index in [-0.39, 0.29) is 12.4 Å². The Bertz CT molecular complexity index is 197. The van der Waals surface area contributed by atoms with E-state index in [2.05, 4.69) is 17.3 Å². The van der Waals surface area contributed by atoms with Crippen molar-refractivity contribution in [3.8, 4) is 0 Å². The molecular formula is C7H14ClN3. The molecule has 64 valence electrons. The molecule has 0 spiro atoms. The molecule has 1 aromatic heterocycles. The predicted octanol–water partition coefficient (Wildman–Crippen LogP) is 1.66. The standard InChI is InChI=1S/C7H13N3.ClH/c1-3-4-8-7-5-9-10(2)6-7;/h5-6,8H,3-4H2,1-2H3;1H. The lowest BCUT2D eigenvalue weighted by Crippen LogP contribution is -1.97. The summed E-state index contributed by atoms with van der Waals surface area (Å²) in [4.78, 5) is 0. The average molecular weight is 176 g/mol. The van der Waals surface area contributed by atoms with Crippen molar-refractivity contribution in [1.82, 2.24) is 9.78 Å². The van der Waals surface area contributed by atoms with Gasteiger partial charge in [-0.1, -0.05) is 6.92 Å². The van der Waals surface area contributed by atoms with Gasteiger partial charge in [0.25, 0.3) is 0 Å². The van der Waals surface area contributed by atoms with Crippen molar-refractivity contribution in [3.05, 3.63) is 12.4 Å². The minimum atomic E-state index is 0. The van der Waals surface area contributed by atoms with Gasteiger partial charge in [-0.05, 0) is 6.42 Å². The van der Waals surface area contributed by atoms with E-state index in [1.54, 1.807) is 4.68 Å². The highest BCUT2D eigenvalue weighted by Gasteiger charge is 1.90.